The van der Waals surface area contributed by atoms with Crippen LogP contribution in [0.3, 0.4) is 0 Å². The van der Waals surface area contributed by atoms with E-state index in [1.165, 1.54) is 18.4 Å². The van der Waals surface area contributed by atoms with Crippen LogP contribution in [0.4, 0.5) is 0 Å². The first-order chi connectivity index (χ1) is 8.65. The van der Waals surface area contributed by atoms with Crippen molar-refractivity contribution in [3.63, 3.8) is 0 Å². The number of aliphatic hydroxyl groups is 1. The van der Waals surface area contributed by atoms with E-state index in [0.717, 1.165) is 31.4 Å². The third kappa shape index (κ3) is 2.93. The van der Waals surface area contributed by atoms with Crippen molar-refractivity contribution in [1.29, 1.82) is 0 Å². The Hall–Kier alpha value is -0.860. The molecule has 1 aromatic rings. The van der Waals surface area contributed by atoms with E-state index in [1.54, 1.807) is 0 Å². The van der Waals surface area contributed by atoms with Crippen LogP contribution in [0.5, 0.6) is 0 Å². The van der Waals surface area contributed by atoms with Gasteiger partial charge in [0.15, 0.2) is 0 Å². The van der Waals surface area contributed by atoms with Gasteiger partial charge >= 0.3 is 0 Å². The molecule has 1 aliphatic heterocycles. The molecule has 1 saturated heterocycles. The maximum absolute atomic E-state index is 10.4. The van der Waals surface area contributed by atoms with Gasteiger partial charge < -0.3 is 9.84 Å². The monoisotopic (exact) mass is 248 g/mol. The Morgan fingerprint density at radius 1 is 1.33 bits per heavy atom. The summed E-state index contributed by atoms with van der Waals surface area (Å²) in [6.45, 7) is 4.98. The van der Waals surface area contributed by atoms with Crippen molar-refractivity contribution in [1.82, 2.24) is 0 Å². The lowest BCUT2D eigenvalue weighted by Crippen LogP contribution is -2.31. The lowest BCUT2D eigenvalue weighted by atomic mass is 9.89. The normalized spacial score (nSPS) is 25.3. The van der Waals surface area contributed by atoms with Gasteiger partial charge in [-0.15, -0.1) is 0 Å². The standard InChI is InChI=1S/C16H24O2/c1-3-4-6-13-7-9-14(10-8-13)15(17)16(2)11-5-12-18-16/h7-10,15,17H,3-6,11-12H2,1-2H3. The lowest BCUT2D eigenvalue weighted by molar-refractivity contribution is -0.0796. The van der Waals surface area contributed by atoms with E-state index in [1.807, 2.05) is 19.1 Å². The molecular formula is C16H24O2. The first kappa shape index (κ1) is 13.6. The molecule has 0 bridgehead atoms. The fourth-order valence-electron chi connectivity index (χ4n) is 2.62. The largest absolute Gasteiger partial charge is 0.385 e. The third-order valence-electron chi connectivity index (χ3n) is 3.94. The number of aliphatic hydroxyl groups excluding tert-OH is 1. The van der Waals surface area contributed by atoms with Crippen LogP contribution < -0.4 is 0 Å². The molecule has 18 heavy (non-hydrogen) atoms. The molecule has 0 aliphatic carbocycles. The van der Waals surface area contributed by atoms with Crippen LogP contribution in [0.1, 0.15) is 56.8 Å². The molecule has 1 fully saturated rings. The van der Waals surface area contributed by atoms with Gasteiger partial charge in [-0.3, -0.25) is 0 Å². The molecule has 2 nitrogen and oxygen atoms in total. The van der Waals surface area contributed by atoms with Gasteiger partial charge in [-0.25, -0.2) is 0 Å². The second-order valence-corrected chi connectivity index (χ2v) is 5.51. The average Bonchev–Trinajstić information content (AvgIpc) is 2.84. The average molecular weight is 248 g/mol. The quantitative estimate of drug-likeness (QED) is 0.862. The molecule has 1 heterocycles. The van der Waals surface area contributed by atoms with Crippen LogP contribution in [0, 0.1) is 0 Å². The minimum Gasteiger partial charge on any atom is -0.385 e. The first-order valence-corrected chi connectivity index (χ1v) is 7.06. The molecule has 2 rings (SSSR count). The van der Waals surface area contributed by atoms with Crippen molar-refractivity contribution >= 4 is 0 Å². The SMILES string of the molecule is CCCCc1ccc(C(O)C2(C)CCCO2)cc1. The lowest BCUT2D eigenvalue weighted by Gasteiger charge is -2.29. The van der Waals surface area contributed by atoms with Gasteiger partial charge in [-0.2, -0.15) is 0 Å². The van der Waals surface area contributed by atoms with E-state index in [2.05, 4.69) is 19.1 Å². The summed E-state index contributed by atoms with van der Waals surface area (Å²) in [4.78, 5) is 0. The summed E-state index contributed by atoms with van der Waals surface area (Å²) in [5, 5.41) is 10.4. The van der Waals surface area contributed by atoms with Crippen molar-refractivity contribution in [3.8, 4) is 0 Å². The molecule has 2 heteroatoms. The van der Waals surface area contributed by atoms with E-state index in [4.69, 9.17) is 4.74 Å². The van der Waals surface area contributed by atoms with Gasteiger partial charge in [0.1, 0.15) is 6.10 Å². The number of hydrogen-bond acceptors (Lipinski definition) is 2. The molecule has 2 unspecified atom stereocenters. The smallest absolute Gasteiger partial charge is 0.108 e. The Bertz CT molecular complexity index is 363. The van der Waals surface area contributed by atoms with E-state index in [-0.39, 0.29) is 0 Å². The van der Waals surface area contributed by atoms with Crippen LogP contribution in [0.15, 0.2) is 24.3 Å². The highest BCUT2D eigenvalue weighted by atomic mass is 16.5. The number of unbranched alkanes of at least 4 members (excludes halogenated alkanes) is 1. The van der Waals surface area contributed by atoms with Crippen molar-refractivity contribution in [3.05, 3.63) is 35.4 Å². The minimum atomic E-state index is -0.514. The fraction of sp³-hybridized carbons (Fsp3) is 0.625. The molecule has 0 saturated carbocycles. The van der Waals surface area contributed by atoms with Crippen LogP contribution in [0.2, 0.25) is 0 Å². The molecule has 0 amide bonds. The van der Waals surface area contributed by atoms with Crippen molar-refractivity contribution in [2.75, 3.05) is 6.61 Å². The van der Waals surface area contributed by atoms with Crippen LogP contribution in [-0.4, -0.2) is 17.3 Å². The highest BCUT2D eigenvalue weighted by Crippen LogP contribution is 2.37. The van der Waals surface area contributed by atoms with Gasteiger partial charge in [0.05, 0.1) is 5.60 Å². The van der Waals surface area contributed by atoms with E-state index >= 15 is 0 Å². The maximum atomic E-state index is 10.4. The molecule has 100 valence electrons. The maximum Gasteiger partial charge on any atom is 0.108 e. The third-order valence-corrected chi connectivity index (χ3v) is 3.94. The number of aryl methyl sites for hydroxylation is 1. The Kier molecular flexibility index (Phi) is 4.41. The summed E-state index contributed by atoms with van der Waals surface area (Å²) >= 11 is 0. The zero-order valence-electron chi connectivity index (χ0n) is 11.5. The van der Waals surface area contributed by atoms with E-state index in [9.17, 15) is 5.11 Å². The molecule has 0 aromatic heterocycles. The summed E-state index contributed by atoms with van der Waals surface area (Å²) in [6, 6.07) is 8.35. The second-order valence-electron chi connectivity index (χ2n) is 5.51. The summed E-state index contributed by atoms with van der Waals surface area (Å²) in [5.74, 6) is 0. The van der Waals surface area contributed by atoms with Crippen molar-refractivity contribution in [2.24, 2.45) is 0 Å². The van der Waals surface area contributed by atoms with Crippen LogP contribution in [0.25, 0.3) is 0 Å². The molecule has 1 N–H and O–H groups in total. The van der Waals surface area contributed by atoms with Crippen LogP contribution >= 0.6 is 0 Å². The van der Waals surface area contributed by atoms with Gasteiger partial charge in [0.25, 0.3) is 0 Å². The Labute approximate surface area is 110 Å². The number of hydrogen-bond donors (Lipinski definition) is 1. The highest BCUT2D eigenvalue weighted by molar-refractivity contribution is 5.26. The Morgan fingerprint density at radius 2 is 2.06 bits per heavy atom. The topological polar surface area (TPSA) is 29.5 Å². The minimum absolute atomic E-state index is 0.398. The molecule has 2 atom stereocenters. The van der Waals surface area contributed by atoms with Gasteiger partial charge in [0.2, 0.25) is 0 Å². The molecule has 0 spiro atoms. The van der Waals surface area contributed by atoms with Gasteiger partial charge in [-0.1, -0.05) is 37.6 Å². The second kappa shape index (κ2) is 5.85. The molecular weight excluding hydrogens is 224 g/mol. The molecule has 1 aromatic carbocycles. The van der Waals surface area contributed by atoms with Gasteiger partial charge in [-0.05, 0) is 43.7 Å². The van der Waals surface area contributed by atoms with E-state index < -0.39 is 11.7 Å². The predicted octanol–water partition coefficient (Wildman–Crippen LogP) is 3.63. The van der Waals surface area contributed by atoms with Crippen molar-refractivity contribution < 1.29 is 9.84 Å². The zero-order chi connectivity index (χ0) is 13.0. The molecule has 1 aliphatic rings. The number of ether oxygens (including phenoxy) is 1. The highest BCUT2D eigenvalue weighted by Gasteiger charge is 2.38. The Morgan fingerprint density at radius 3 is 2.61 bits per heavy atom. The number of rotatable bonds is 5. The summed E-state index contributed by atoms with van der Waals surface area (Å²) in [5.41, 5.74) is 1.93. The zero-order valence-corrected chi connectivity index (χ0v) is 11.5. The molecule has 0 radical (unpaired) electrons. The summed E-state index contributed by atoms with van der Waals surface area (Å²) < 4.78 is 5.70. The van der Waals surface area contributed by atoms with Crippen LogP contribution in [-0.2, 0) is 11.2 Å². The Balaban J connectivity index is 2.04. The van der Waals surface area contributed by atoms with Gasteiger partial charge in [0, 0.05) is 6.61 Å². The number of benzene rings is 1. The first-order valence-electron chi connectivity index (χ1n) is 7.06. The van der Waals surface area contributed by atoms with E-state index in [0.29, 0.717) is 0 Å². The van der Waals surface area contributed by atoms with Crippen molar-refractivity contribution in [2.45, 2.75) is 57.7 Å². The fourth-order valence-corrected chi connectivity index (χ4v) is 2.62. The summed E-state index contributed by atoms with van der Waals surface area (Å²) in [6.07, 6.45) is 5.04. The predicted molar refractivity (Wildman–Crippen MR) is 73.6 cm³/mol. The summed E-state index contributed by atoms with van der Waals surface area (Å²) in [7, 11) is 0.